The first-order chi connectivity index (χ1) is 19.5. The molecule has 1 amide bonds. The number of hydrogen-bond acceptors (Lipinski definition) is 6. The van der Waals surface area contributed by atoms with Gasteiger partial charge in [0.25, 0.3) is 5.91 Å². The van der Waals surface area contributed by atoms with E-state index in [2.05, 4.69) is 50.3 Å². The Bertz CT molecular complexity index is 1650. The monoisotopic (exact) mass is 549 g/mol. The van der Waals surface area contributed by atoms with Crippen molar-refractivity contribution in [3.8, 4) is 5.88 Å². The number of nitrogens with zero attached hydrogens (tertiary/aromatic N) is 3. The predicted octanol–water partition coefficient (Wildman–Crippen LogP) is 6.28. The van der Waals surface area contributed by atoms with Crippen LogP contribution in [0.3, 0.4) is 0 Å². The Labute approximate surface area is 237 Å². The minimum atomic E-state index is -0.101. The number of aliphatic imine (C=N–C) groups is 1. The lowest BCUT2D eigenvalue weighted by Crippen LogP contribution is -2.44. The predicted molar refractivity (Wildman–Crippen MR) is 165 cm³/mol. The number of hydrogen-bond donors (Lipinski definition) is 3. The van der Waals surface area contributed by atoms with Gasteiger partial charge in [-0.3, -0.25) is 9.79 Å². The fraction of sp³-hybridized carbons (Fsp3) is 0.188. The van der Waals surface area contributed by atoms with Crippen LogP contribution in [0.1, 0.15) is 26.4 Å². The molecule has 0 aliphatic carbocycles. The molecule has 0 spiro atoms. The van der Waals surface area contributed by atoms with Crippen molar-refractivity contribution in [2.45, 2.75) is 6.42 Å². The Kier molecular flexibility index (Phi) is 7.35. The second-order valence-corrected chi connectivity index (χ2v) is 11.1. The van der Waals surface area contributed by atoms with E-state index in [9.17, 15) is 9.90 Å². The van der Waals surface area contributed by atoms with E-state index in [0.29, 0.717) is 16.9 Å². The van der Waals surface area contributed by atoms with Gasteiger partial charge in [-0.05, 0) is 78.5 Å². The zero-order chi connectivity index (χ0) is 27.5. The summed E-state index contributed by atoms with van der Waals surface area (Å²) in [6.45, 7) is 4.20. The number of fused-ring (bicyclic) bond motifs is 1. The number of carbonyl (C=O) groups is 1. The van der Waals surface area contributed by atoms with E-state index in [-0.39, 0.29) is 11.8 Å². The van der Waals surface area contributed by atoms with Crippen molar-refractivity contribution in [2.75, 3.05) is 43.4 Å². The minimum Gasteiger partial charge on any atom is -0.494 e. The van der Waals surface area contributed by atoms with Crippen molar-refractivity contribution in [1.82, 2.24) is 9.88 Å². The fourth-order valence-electron chi connectivity index (χ4n) is 5.04. The Hall–Kier alpha value is -4.40. The highest BCUT2D eigenvalue weighted by Gasteiger charge is 2.14. The molecule has 3 N–H and O–H groups in total. The minimum absolute atomic E-state index is 0.100. The third-order valence-electron chi connectivity index (χ3n) is 7.28. The van der Waals surface area contributed by atoms with Crippen molar-refractivity contribution in [2.24, 2.45) is 4.99 Å². The van der Waals surface area contributed by atoms with E-state index in [1.54, 1.807) is 6.21 Å². The smallest absolute Gasteiger partial charge is 0.265 e. The maximum Gasteiger partial charge on any atom is 0.265 e. The van der Waals surface area contributed by atoms with Gasteiger partial charge >= 0.3 is 0 Å². The maximum atomic E-state index is 12.4. The number of aromatic amines is 1. The van der Waals surface area contributed by atoms with Crippen LogP contribution >= 0.6 is 11.3 Å². The lowest BCUT2D eigenvalue weighted by atomic mass is 10.0. The summed E-state index contributed by atoms with van der Waals surface area (Å²) in [5, 5.41) is 16.4. The number of aromatic hydroxyl groups is 1. The largest absolute Gasteiger partial charge is 0.494 e. The van der Waals surface area contributed by atoms with Gasteiger partial charge in [-0.25, -0.2) is 0 Å². The van der Waals surface area contributed by atoms with Gasteiger partial charge in [0.1, 0.15) is 0 Å². The molecule has 40 heavy (non-hydrogen) atoms. The Morgan fingerprint density at radius 1 is 1.00 bits per heavy atom. The number of anilines is 2. The average Bonchev–Trinajstić information content (AvgIpc) is 3.61. The summed E-state index contributed by atoms with van der Waals surface area (Å²) in [5.41, 5.74) is 6.52. The van der Waals surface area contributed by atoms with E-state index in [1.165, 1.54) is 17.0 Å². The zero-order valence-corrected chi connectivity index (χ0v) is 23.1. The number of H-pyrrole nitrogens is 1. The van der Waals surface area contributed by atoms with Gasteiger partial charge < -0.3 is 25.2 Å². The summed E-state index contributed by atoms with van der Waals surface area (Å²) in [4.78, 5) is 25.6. The number of rotatable bonds is 7. The number of carbonyl (C=O) groups excluding carboxylic acids is 1. The molecule has 0 radical (unpaired) electrons. The second kappa shape index (κ2) is 11.4. The highest BCUT2D eigenvalue weighted by atomic mass is 32.1. The molecule has 6 rings (SSSR count). The van der Waals surface area contributed by atoms with Crippen LogP contribution in [0.4, 0.5) is 17.1 Å². The summed E-state index contributed by atoms with van der Waals surface area (Å²) >= 11 is 1.42. The summed E-state index contributed by atoms with van der Waals surface area (Å²) in [6.07, 6.45) is 2.42. The molecular formula is C32H31N5O2S. The lowest BCUT2D eigenvalue weighted by molar-refractivity contribution is 0.103. The molecule has 1 aliphatic rings. The first-order valence-corrected chi connectivity index (χ1v) is 14.2. The number of thiophene rings is 1. The van der Waals surface area contributed by atoms with Crippen LogP contribution in [0.15, 0.2) is 89.2 Å². The summed E-state index contributed by atoms with van der Waals surface area (Å²) in [6, 6.07) is 26.0. The molecule has 1 fully saturated rings. The van der Waals surface area contributed by atoms with Gasteiger partial charge in [-0.1, -0.05) is 30.3 Å². The number of benzene rings is 3. The molecule has 0 bridgehead atoms. The number of likely N-dealkylation sites (N-methyl/N-ethyl adjacent to an activating group) is 1. The average molecular weight is 550 g/mol. The molecule has 1 saturated heterocycles. The van der Waals surface area contributed by atoms with Crippen molar-refractivity contribution in [1.29, 1.82) is 0 Å². The highest BCUT2D eigenvalue weighted by Crippen LogP contribution is 2.29. The number of nitrogens with one attached hydrogen (secondary N) is 2. The summed E-state index contributed by atoms with van der Waals surface area (Å²) in [7, 11) is 2.16. The quantitative estimate of drug-likeness (QED) is 0.209. The first-order valence-electron chi connectivity index (χ1n) is 13.4. The number of aromatic nitrogens is 1. The second-order valence-electron chi connectivity index (χ2n) is 10.1. The van der Waals surface area contributed by atoms with Crippen molar-refractivity contribution in [3.05, 3.63) is 106 Å². The third kappa shape index (κ3) is 5.78. The van der Waals surface area contributed by atoms with E-state index >= 15 is 0 Å². The zero-order valence-electron chi connectivity index (χ0n) is 22.3. The molecule has 1 aliphatic heterocycles. The van der Waals surface area contributed by atoms with E-state index in [4.69, 9.17) is 0 Å². The molecule has 5 aromatic rings. The lowest BCUT2D eigenvalue weighted by Gasteiger charge is -2.34. The topological polar surface area (TPSA) is 84.0 Å². The van der Waals surface area contributed by atoms with Crippen LogP contribution < -0.4 is 10.2 Å². The first kappa shape index (κ1) is 25.9. The maximum absolute atomic E-state index is 12.4. The molecule has 0 saturated carbocycles. The molecule has 0 unspecified atom stereocenters. The van der Waals surface area contributed by atoms with Crippen molar-refractivity contribution < 1.29 is 9.90 Å². The Morgan fingerprint density at radius 2 is 1.80 bits per heavy atom. The molecule has 0 atom stereocenters. The van der Waals surface area contributed by atoms with Crippen molar-refractivity contribution in [3.63, 3.8) is 0 Å². The fourth-order valence-corrected chi connectivity index (χ4v) is 5.66. The van der Waals surface area contributed by atoms with E-state index < -0.39 is 0 Å². The Morgan fingerprint density at radius 3 is 2.58 bits per heavy atom. The summed E-state index contributed by atoms with van der Waals surface area (Å²) < 4.78 is 0. The van der Waals surface area contributed by atoms with Gasteiger partial charge in [0.2, 0.25) is 0 Å². The van der Waals surface area contributed by atoms with E-state index in [1.807, 2.05) is 66.0 Å². The van der Waals surface area contributed by atoms with Crippen LogP contribution in [0.25, 0.3) is 10.9 Å². The number of amides is 1. The van der Waals surface area contributed by atoms with Crippen LogP contribution in [-0.2, 0) is 6.42 Å². The van der Waals surface area contributed by atoms with E-state index in [0.717, 1.165) is 59.6 Å². The van der Waals surface area contributed by atoms with Gasteiger partial charge in [0.15, 0.2) is 5.88 Å². The van der Waals surface area contributed by atoms with Crippen molar-refractivity contribution >= 4 is 51.4 Å². The molecule has 7 nitrogen and oxygen atoms in total. The van der Waals surface area contributed by atoms with Crippen LogP contribution in [0.2, 0.25) is 0 Å². The Balaban J connectivity index is 1.14. The molecule has 2 aromatic heterocycles. The molecule has 202 valence electrons. The molecular weight excluding hydrogens is 518 g/mol. The van der Waals surface area contributed by atoms with Crippen LogP contribution in [-0.4, -0.2) is 60.3 Å². The SMILES string of the molecule is CN1CCN(c2ccc(N=Cc3c(O)[nH]c4cc(Cc5cccc(NC(=O)c6cccs6)c5)ccc34)cc2)CC1. The highest BCUT2D eigenvalue weighted by molar-refractivity contribution is 7.12. The third-order valence-corrected chi connectivity index (χ3v) is 8.15. The molecule has 3 heterocycles. The normalized spacial score (nSPS) is 14.3. The molecule has 8 heteroatoms. The van der Waals surface area contributed by atoms with Gasteiger partial charge in [0.05, 0.1) is 16.1 Å². The van der Waals surface area contributed by atoms with Crippen LogP contribution in [0.5, 0.6) is 5.88 Å². The van der Waals surface area contributed by atoms with Gasteiger partial charge in [-0.15, -0.1) is 11.3 Å². The van der Waals surface area contributed by atoms with Gasteiger partial charge in [0, 0.05) is 54.7 Å². The van der Waals surface area contributed by atoms with Gasteiger partial charge in [-0.2, -0.15) is 0 Å². The molecule has 3 aromatic carbocycles. The van der Waals surface area contributed by atoms with Crippen LogP contribution in [0, 0.1) is 0 Å². The summed E-state index contributed by atoms with van der Waals surface area (Å²) in [5.74, 6) is -0.00107. The number of piperazine rings is 1. The standard InChI is InChI=1S/C32H31N5O2S/c1-36-13-15-37(16-14-36)26-10-8-24(9-11-26)33-21-28-27-12-7-23(20-29(27)35-31(28)38)18-22-4-2-5-25(19-22)34-32(39)30-6-3-17-40-30/h2-12,17,19-21,35,38H,13-16,18H2,1H3,(H,34,39).